The number of aromatic carboxylic acids is 1. The van der Waals surface area contributed by atoms with Crippen molar-refractivity contribution in [2.75, 3.05) is 6.54 Å². The van der Waals surface area contributed by atoms with Gasteiger partial charge in [0.05, 0.1) is 16.5 Å². The van der Waals surface area contributed by atoms with E-state index >= 15 is 0 Å². The zero-order chi connectivity index (χ0) is 20.1. The summed E-state index contributed by atoms with van der Waals surface area (Å²) in [5.41, 5.74) is 3.21. The van der Waals surface area contributed by atoms with Gasteiger partial charge in [-0.2, -0.15) is 0 Å². The Morgan fingerprint density at radius 3 is 2.39 bits per heavy atom. The third-order valence-electron chi connectivity index (χ3n) is 4.52. The molecule has 1 atom stereocenters. The maximum Gasteiger partial charge on any atom is 0.335 e. The summed E-state index contributed by atoms with van der Waals surface area (Å²) in [4.78, 5) is 30.1. The number of rotatable bonds is 7. The number of nitrogens with zero attached hydrogens (tertiary/aromatic N) is 2. The summed E-state index contributed by atoms with van der Waals surface area (Å²) in [5.74, 6) is -0.961. The third kappa shape index (κ3) is 4.51. The number of carbonyl (C=O) groups excluding carboxylic acids is 1. The number of aryl methyl sites for hydroxylation is 1. The van der Waals surface area contributed by atoms with Crippen LogP contribution in [-0.4, -0.2) is 38.8 Å². The summed E-state index contributed by atoms with van der Waals surface area (Å²) in [6.45, 7) is 6.24. The highest BCUT2D eigenvalue weighted by Crippen LogP contribution is 2.32. The number of aliphatic imine (C=N–C) groups is 1. The summed E-state index contributed by atoms with van der Waals surface area (Å²) in [5, 5.41) is 9.39. The largest absolute Gasteiger partial charge is 0.478 e. The van der Waals surface area contributed by atoms with Gasteiger partial charge < -0.3 is 5.11 Å². The molecule has 0 radical (unpaired) electrons. The molecule has 1 N–H and O–H groups in total. The zero-order valence-electron chi connectivity index (χ0n) is 15.7. The number of thioether (sulfide) groups is 1. The number of carbonyl (C=O) groups is 2. The van der Waals surface area contributed by atoms with Crippen LogP contribution in [-0.2, 0) is 17.6 Å². The van der Waals surface area contributed by atoms with Gasteiger partial charge in [-0.15, -0.1) is 6.58 Å². The fourth-order valence-corrected chi connectivity index (χ4v) is 4.14. The molecule has 2 aromatic rings. The Hall–Kier alpha value is -2.86. The molecule has 2 aromatic carbocycles. The summed E-state index contributed by atoms with van der Waals surface area (Å²) < 4.78 is 0. The van der Waals surface area contributed by atoms with E-state index in [1.165, 1.54) is 29.5 Å². The van der Waals surface area contributed by atoms with E-state index in [-0.39, 0.29) is 16.7 Å². The second-order valence-electron chi connectivity index (χ2n) is 6.46. The number of amidine groups is 1. The van der Waals surface area contributed by atoms with E-state index in [4.69, 9.17) is 5.11 Å². The van der Waals surface area contributed by atoms with Crippen LogP contribution >= 0.6 is 11.8 Å². The summed E-state index contributed by atoms with van der Waals surface area (Å²) in [7, 11) is 0. The van der Waals surface area contributed by atoms with E-state index in [1.807, 2.05) is 0 Å². The van der Waals surface area contributed by atoms with Gasteiger partial charge in [0.1, 0.15) is 0 Å². The molecular weight excluding hydrogens is 372 g/mol. The summed E-state index contributed by atoms with van der Waals surface area (Å²) in [6.07, 6.45) is 3.31. The minimum absolute atomic E-state index is 0.0189. The molecule has 1 heterocycles. The number of carboxylic acid groups (broad SMARTS) is 1. The van der Waals surface area contributed by atoms with Crippen LogP contribution in [0.15, 0.2) is 66.2 Å². The first kappa shape index (κ1) is 19.9. The molecule has 0 spiro atoms. The minimum atomic E-state index is -0.980. The maximum atomic E-state index is 12.9. The molecule has 0 aliphatic carbocycles. The van der Waals surface area contributed by atoms with Crippen LogP contribution in [0.4, 0.5) is 5.69 Å². The lowest BCUT2D eigenvalue weighted by Gasteiger charge is -2.14. The van der Waals surface area contributed by atoms with Crippen molar-refractivity contribution in [3.8, 4) is 0 Å². The topological polar surface area (TPSA) is 70.0 Å². The molecule has 1 saturated heterocycles. The number of carboxylic acids is 1. The van der Waals surface area contributed by atoms with Crippen LogP contribution in [0.1, 0.15) is 28.4 Å². The quantitative estimate of drug-likeness (QED) is 0.711. The van der Waals surface area contributed by atoms with Crippen molar-refractivity contribution < 1.29 is 14.7 Å². The van der Waals surface area contributed by atoms with Crippen molar-refractivity contribution in [2.45, 2.75) is 25.0 Å². The van der Waals surface area contributed by atoms with Crippen molar-refractivity contribution in [1.29, 1.82) is 0 Å². The third-order valence-corrected chi connectivity index (χ3v) is 5.70. The summed E-state index contributed by atoms with van der Waals surface area (Å²) in [6, 6.07) is 14.6. The Morgan fingerprint density at radius 1 is 1.18 bits per heavy atom. The summed E-state index contributed by atoms with van der Waals surface area (Å²) >= 11 is 1.44. The molecule has 1 fully saturated rings. The van der Waals surface area contributed by atoms with Gasteiger partial charge in [-0.3, -0.25) is 9.69 Å². The predicted octanol–water partition coefficient (Wildman–Crippen LogP) is 4.31. The smallest absolute Gasteiger partial charge is 0.335 e. The van der Waals surface area contributed by atoms with E-state index in [0.717, 1.165) is 12.0 Å². The molecule has 1 amide bonds. The molecule has 1 unspecified atom stereocenters. The SMILES string of the molecule is C=CCN1C(=O)C(Cc2ccc(CC)cc2)SC1=Nc1ccc(C(=O)O)cc1. The molecule has 1 aliphatic rings. The maximum absolute atomic E-state index is 12.9. The highest BCUT2D eigenvalue weighted by Gasteiger charge is 2.37. The Bertz CT molecular complexity index is 904. The van der Waals surface area contributed by atoms with Crippen molar-refractivity contribution >= 4 is 34.5 Å². The fraction of sp³-hybridized carbons (Fsp3) is 0.227. The molecule has 28 heavy (non-hydrogen) atoms. The molecule has 0 aromatic heterocycles. The Balaban J connectivity index is 1.80. The van der Waals surface area contributed by atoms with E-state index in [2.05, 4.69) is 42.8 Å². The monoisotopic (exact) mass is 394 g/mol. The normalized spacial score (nSPS) is 17.9. The van der Waals surface area contributed by atoms with E-state index < -0.39 is 5.97 Å². The second-order valence-corrected chi connectivity index (χ2v) is 7.63. The van der Waals surface area contributed by atoms with Crippen LogP contribution in [0, 0.1) is 0 Å². The van der Waals surface area contributed by atoms with Crippen LogP contribution in [0.25, 0.3) is 0 Å². The Labute approximate surface area is 168 Å². The van der Waals surface area contributed by atoms with Gasteiger partial charge in [-0.05, 0) is 48.2 Å². The van der Waals surface area contributed by atoms with Crippen molar-refractivity contribution in [2.24, 2.45) is 4.99 Å². The molecule has 3 rings (SSSR count). The average molecular weight is 394 g/mol. The van der Waals surface area contributed by atoms with Crippen LogP contribution in [0.5, 0.6) is 0 Å². The zero-order valence-corrected chi connectivity index (χ0v) is 16.5. The lowest BCUT2D eigenvalue weighted by Crippen LogP contribution is -2.32. The van der Waals surface area contributed by atoms with Crippen LogP contribution < -0.4 is 0 Å². The van der Waals surface area contributed by atoms with Crippen molar-refractivity contribution in [1.82, 2.24) is 4.90 Å². The molecule has 0 bridgehead atoms. The number of hydrogen-bond acceptors (Lipinski definition) is 4. The molecule has 144 valence electrons. The lowest BCUT2D eigenvalue weighted by atomic mass is 10.1. The molecule has 1 aliphatic heterocycles. The Kier molecular flexibility index (Phi) is 6.31. The van der Waals surface area contributed by atoms with Crippen LogP contribution in [0.2, 0.25) is 0 Å². The second kappa shape index (κ2) is 8.89. The van der Waals surface area contributed by atoms with Gasteiger partial charge in [-0.25, -0.2) is 9.79 Å². The molecule has 5 nitrogen and oxygen atoms in total. The average Bonchev–Trinajstić information content (AvgIpc) is 2.98. The first-order chi connectivity index (χ1) is 13.5. The van der Waals surface area contributed by atoms with Gasteiger partial charge in [-0.1, -0.05) is 49.0 Å². The van der Waals surface area contributed by atoms with E-state index in [9.17, 15) is 9.59 Å². The van der Waals surface area contributed by atoms with Gasteiger partial charge in [0.15, 0.2) is 5.17 Å². The first-order valence-corrected chi connectivity index (χ1v) is 9.98. The van der Waals surface area contributed by atoms with Crippen molar-refractivity contribution in [3.05, 3.63) is 77.9 Å². The first-order valence-electron chi connectivity index (χ1n) is 9.10. The van der Waals surface area contributed by atoms with Gasteiger partial charge in [0.2, 0.25) is 5.91 Å². The Morgan fingerprint density at radius 2 is 1.82 bits per heavy atom. The fourth-order valence-electron chi connectivity index (χ4n) is 2.94. The van der Waals surface area contributed by atoms with Gasteiger partial charge in [0, 0.05) is 6.54 Å². The lowest BCUT2D eigenvalue weighted by molar-refractivity contribution is -0.125. The standard InChI is InChI=1S/C22H22N2O3S/c1-3-13-24-20(25)19(14-16-7-5-15(4-2)6-8-16)28-22(24)23-18-11-9-17(10-12-18)21(26)27/h3,5-12,19H,1,4,13-14H2,2H3,(H,26,27). The molecule has 6 heteroatoms. The van der Waals surface area contributed by atoms with E-state index in [1.54, 1.807) is 23.1 Å². The van der Waals surface area contributed by atoms with E-state index in [0.29, 0.717) is 23.8 Å². The molecular formula is C22H22N2O3S. The number of amides is 1. The van der Waals surface area contributed by atoms with Gasteiger partial charge in [0.25, 0.3) is 0 Å². The van der Waals surface area contributed by atoms with Crippen molar-refractivity contribution in [3.63, 3.8) is 0 Å². The highest BCUT2D eigenvalue weighted by atomic mass is 32.2. The minimum Gasteiger partial charge on any atom is -0.478 e. The number of benzene rings is 2. The highest BCUT2D eigenvalue weighted by molar-refractivity contribution is 8.15. The predicted molar refractivity (Wildman–Crippen MR) is 113 cm³/mol. The number of hydrogen-bond donors (Lipinski definition) is 1. The van der Waals surface area contributed by atoms with Gasteiger partial charge >= 0.3 is 5.97 Å². The molecule has 0 saturated carbocycles. The van der Waals surface area contributed by atoms with Crippen LogP contribution in [0.3, 0.4) is 0 Å².